The van der Waals surface area contributed by atoms with Crippen LogP contribution in [-0.4, -0.2) is 31.6 Å². The third-order valence-corrected chi connectivity index (χ3v) is 4.09. The van der Waals surface area contributed by atoms with Crippen molar-refractivity contribution in [3.05, 3.63) is 53.1 Å². The number of carbonyl (C=O) groups is 2. The first-order valence-electron chi connectivity index (χ1n) is 9.00. The van der Waals surface area contributed by atoms with E-state index in [2.05, 4.69) is 10.6 Å². The number of rotatable bonds is 8. The summed E-state index contributed by atoms with van der Waals surface area (Å²) in [6.45, 7) is 8.51. The lowest BCUT2D eigenvalue weighted by Gasteiger charge is -2.13. The molecule has 6 heteroatoms. The van der Waals surface area contributed by atoms with E-state index in [0.29, 0.717) is 30.3 Å². The van der Waals surface area contributed by atoms with Gasteiger partial charge in [0.1, 0.15) is 0 Å². The maximum absolute atomic E-state index is 12.4. The molecule has 0 radical (unpaired) electrons. The third kappa shape index (κ3) is 5.48. The second-order valence-corrected chi connectivity index (χ2v) is 6.01. The fourth-order valence-corrected chi connectivity index (χ4v) is 2.54. The molecule has 0 fully saturated rings. The van der Waals surface area contributed by atoms with Crippen molar-refractivity contribution in [3.63, 3.8) is 0 Å². The van der Waals surface area contributed by atoms with Gasteiger partial charge in [0.2, 0.25) is 5.91 Å². The van der Waals surface area contributed by atoms with E-state index in [-0.39, 0.29) is 18.4 Å². The Morgan fingerprint density at radius 3 is 2.37 bits per heavy atom. The monoisotopic (exact) mass is 370 g/mol. The van der Waals surface area contributed by atoms with Crippen molar-refractivity contribution in [1.82, 2.24) is 5.32 Å². The van der Waals surface area contributed by atoms with Crippen molar-refractivity contribution in [1.29, 1.82) is 0 Å². The van der Waals surface area contributed by atoms with Gasteiger partial charge in [0.15, 0.2) is 11.5 Å². The standard InChI is InChI=1S/C21H26N2O4/c1-5-26-18-11-10-16(12-19(18)27-6-2)21(25)22-13-20(24)23-17-9-7-8-14(3)15(17)4/h7-12H,5-6,13H2,1-4H3,(H,22,25)(H,23,24). The Labute approximate surface area is 159 Å². The van der Waals surface area contributed by atoms with Crippen molar-refractivity contribution >= 4 is 17.5 Å². The van der Waals surface area contributed by atoms with Crippen molar-refractivity contribution in [2.45, 2.75) is 27.7 Å². The average Bonchev–Trinajstić information content (AvgIpc) is 2.65. The van der Waals surface area contributed by atoms with Gasteiger partial charge in [0.05, 0.1) is 19.8 Å². The van der Waals surface area contributed by atoms with E-state index in [0.717, 1.165) is 16.8 Å². The molecule has 2 amide bonds. The van der Waals surface area contributed by atoms with Crippen LogP contribution in [0.2, 0.25) is 0 Å². The first kappa shape index (κ1) is 20.3. The molecule has 2 rings (SSSR count). The number of anilines is 1. The van der Waals surface area contributed by atoms with Gasteiger partial charge in [-0.25, -0.2) is 0 Å². The highest BCUT2D eigenvalue weighted by Crippen LogP contribution is 2.28. The summed E-state index contributed by atoms with van der Waals surface area (Å²) in [5, 5.41) is 5.44. The molecule has 27 heavy (non-hydrogen) atoms. The molecular weight excluding hydrogens is 344 g/mol. The Morgan fingerprint density at radius 2 is 1.67 bits per heavy atom. The van der Waals surface area contributed by atoms with E-state index in [1.54, 1.807) is 18.2 Å². The molecule has 0 saturated heterocycles. The van der Waals surface area contributed by atoms with Gasteiger partial charge in [0.25, 0.3) is 5.91 Å². The Kier molecular flexibility index (Phi) is 7.23. The molecule has 0 bridgehead atoms. The Balaban J connectivity index is 1.99. The highest BCUT2D eigenvalue weighted by atomic mass is 16.5. The molecule has 0 aromatic heterocycles. The zero-order chi connectivity index (χ0) is 19.8. The molecule has 2 aromatic rings. The molecule has 0 saturated carbocycles. The van der Waals surface area contributed by atoms with Gasteiger partial charge in [-0.1, -0.05) is 12.1 Å². The van der Waals surface area contributed by atoms with Crippen LogP contribution in [-0.2, 0) is 4.79 Å². The van der Waals surface area contributed by atoms with Crippen molar-refractivity contribution in [2.75, 3.05) is 25.1 Å². The first-order valence-corrected chi connectivity index (χ1v) is 9.00. The van der Waals surface area contributed by atoms with Crippen LogP contribution in [0.3, 0.4) is 0 Å². The number of amides is 2. The smallest absolute Gasteiger partial charge is 0.251 e. The summed E-state index contributed by atoms with van der Waals surface area (Å²) < 4.78 is 11.0. The lowest BCUT2D eigenvalue weighted by atomic mass is 10.1. The minimum Gasteiger partial charge on any atom is -0.490 e. The Bertz CT molecular complexity index is 818. The molecule has 6 nitrogen and oxygen atoms in total. The summed E-state index contributed by atoms with van der Waals surface area (Å²) in [5.74, 6) is 0.457. The van der Waals surface area contributed by atoms with Crippen LogP contribution in [0, 0.1) is 13.8 Å². The van der Waals surface area contributed by atoms with E-state index in [1.165, 1.54) is 0 Å². The topological polar surface area (TPSA) is 76.7 Å². The fraction of sp³-hybridized carbons (Fsp3) is 0.333. The van der Waals surface area contributed by atoms with Crippen molar-refractivity contribution < 1.29 is 19.1 Å². The summed E-state index contributed by atoms with van der Waals surface area (Å²) in [5.41, 5.74) is 3.25. The lowest BCUT2D eigenvalue weighted by Crippen LogP contribution is -2.33. The van der Waals surface area contributed by atoms with Crippen LogP contribution in [0.15, 0.2) is 36.4 Å². The molecule has 0 heterocycles. The van der Waals surface area contributed by atoms with Crippen LogP contribution in [0.5, 0.6) is 11.5 Å². The molecule has 0 spiro atoms. The molecule has 2 N–H and O–H groups in total. The predicted molar refractivity (Wildman–Crippen MR) is 106 cm³/mol. The number of hydrogen-bond acceptors (Lipinski definition) is 4. The number of ether oxygens (including phenoxy) is 2. The fourth-order valence-electron chi connectivity index (χ4n) is 2.54. The number of nitrogens with one attached hydrogen (secondary N) is 2. The zero-order valence-corrected chi connectivity index (χ0v) is 16.2. The summed E-state index contributed by atoms with van der Waals surface area (Å²) in [4.78, 5) is 24.5. The number of hydrogen-bond donors (Lipinski definition) is 2. The lowest BCUT2D eigenvalue weighted by molar-refractivity contribution is -0.115. The molecule has 0 aliphatic carbocycles. The quantitative estimate of drug-likeness (QED) is 0.746. The predicted octanol–water partition coefficient (Wildman–Crippen LogP) is 3.47. The average molecular weight is 370 g/mol. The maximum Gasteiger partial charge on any atom is 0.251 e. The van der Waals surface area contributed by atoms with Crippen LogP contribution in [0.25, 0.3) is 0 Å². The molecule has 2 aromatic carbocycles. The molecule has 144 valence electrons. The van der Waals surface area contributed by atoms with Gasteiger partial charge >= 0.3 is 0 Å². The van der Waals surface area contributed by atoms with Gasteiger partial charge in [-0.2, -0.15) is 0 Å². The number of aryl methyl sites for hydroxylation is 1. The Morgan fingerprint density at radius 1 is 0.963 bits per heavy atom. The van der Waals surface area contributed by atoms with Crippen LogP contribution in [0.4, 0.5) is 5.69 Å². The summed E-state index contributed by atoms with van der Waals surface area (Å²) in [6, 6.07) is 10.7. The van der Waals surface area contributed by atoms with E-state index in [1.807, 2.05) is 45.9 Å². The van der Waals surface area contributed by atoms with E-state index in [4.69, 9.17) is 9.47 Å². The maximum atomic E-state index is 12.4. The molecular formula is C21H26N2O4. The van der Waals surface area contributed by atoms with E-state index in [9.17, 15) is 9.59 Å². The second kappa shape index (κ2) is 9.62. The summed E-state index contributed by atoms with van der Waals surface area (Å²) >= 11 is 0. The van der Waals surface area contributed by atoms with Gasteiger partial charge in [0, 0.05) is 11.3 Å². The molecule has 0 aliphatic heterocycles. The van der Waals surface area contributed by atoms with Crippen LogP contribution < -0.4 is 20.1 Å². The van der Waals surface area contributed by atoms with Gasteiger partial charge in [-0.3, -0.25) is 9.59 Å². The molecule has 0 atom stereocenters. The van der Waals surface area contributed by atoms with Crippen molar-refractivity contribution in [3.8, 4) is 11.5 Å². The third-order valence-electron chi connectivity index (χ3n) is 4.09. The van der Waals surface area contributed by atoms with Crippen molar-refractivity contribution in [2.24, 2.45) is 0 Å². The van der Waals surface area contributed by atoms with Gasteiger partial charge in [-0.05, 0) is 63.1 Å². The Hall–Kier alpha value is -3.02. The summed E-state index contributed by atoms with van der Waals surface area (Å²) in [7, 11) is 0. The number of benzene rings is 2. The van der Waals surface area contributed by atoms with Crippen LogP contribution in [0.1, 0.15) is 35.3 Å². The largest absolute Gasteiger partial charge is 0.490 e. The normalized spacial score (nSPS) is 10.2. The zero-order valence-electron chi connectivity index (χ0n) is 16.2. The highest BCUT2D eigenvalue weighted by molar-refractivity contribution is 5.99. The highest BCUT2D eigenvalue weighted by Gasteiger charge is 2.13. The van der Waals surface area contributed by atoms with Crippen LogP contribution >= 0.6 is 0 Å². The molecule has 0 aliphatic rings. The molecule has 0 unspecified atom stereocenters. The first-order chi connectivity index (χ1) is 13.0. The minimum atomic E-state index is -0.352. The van der Waals surface area contributed by atoms with Gasteiger partial charge in [-0.15, -0.1) is 0 Å². The van der Waals surface area contributed by atoms with Gasteiger partial charge < -0.3 is 20.1 Å². The van der Waals surface area contributed by atoms with E-state index < -0.39 is 0 Å². The summed E-state index contributed by atoms with van der Waals surface area (Å²) in [6.07, 6.45) is 0. The minimum absolute atomic E-state index is 0.122. The SMILES string of the molecule is CCOc1ccc(C(=O)NCC(=O)Nc2cccc(C)c2C)cc1OCC. The second-order valence-electron chi connectivity index (χ2n) is 6.01. The number of carbonyl (C=O) groups excluding carboxylic acids is 2. The van der Waals surface area contributed by atoms with E-state index >= 15 is 0 Å².